The number of carbonyl (C=O) groups excluding carboxylic acids is 1. The Balaban J connectivity index is 2.40. The van der Waals surface area contributed by atoms with Gasteiger partial charge in [0.25, 0.3) is 0 Å². The van der Waals surface area contributed by atoms with Gasteiger partial charge in [-0.1, -0.05) is 20.3 Å². The second-order valence-corrected chi connectivity index (χ2v) is 4.89. The summed E-state index contributed by atoms with van der Waals surface area (Å²) in [6, 6.07) is -0.344. The predicted octanol–water partition coefficient (Wildman–Crippen LogP) is 1.39. The number of nitrogens with zero attached hydrogens (tertiary/aromatic N) is 1. The average Bonchev–Trinajstić information content (AvgIpc) is 2.37. The van der Waals surface area contributed by atoms with Gasteiger partial charge in [-0.25, -0.2) is 0 Å². The number of ether oxygens (including phenoxy) is 1. The molecule has 2 N–H and O–H groups in total. The van der Waals surface area contributed by atoms with Crippen molar-refractivity contribution in [2.45, 2.75) is 52.2 Å². The highest BCUT2D eigenvalue weighted by atomic mass is 16.5. The largest absolute Gasteiger partial charge is 0.378 e. The van der Waals surface area contributed by atoms with Crippen LogP contribution in [0, 0.1) is 5.92 Å². The van der Waals surface area contributed by atoms with Gasteiger partial charge in [-0.3, -0.25) is 4.79 Å². The SMILES string of the molecule is CCOC1CCN(C(=O)C(N)C(C)CC)CC1. The first-order chi connectivity index (χ1) is 8.10. The Labute approximate surface area is 104 Å². The van der Waals surface area contributed by atoms with Crippen molar-refractivity contribution in [2.75, 3.05) is 19.7 Å². The quantitative estimate of drug-likeness (QED) is 0.792. The van der Waals surface area contributed by atoms with Crippen LogP contribution in [0.15, 0.2) is 0 Å². The van der Waals surface area contributed by atoms with Gasteiger partial charge < -0.3 is 15.4 Å². The number of nitrogens with two attached hydrogens (primary N) is 1. The highest BCUT2D eigenvalue weighted by molar-refractivity contribution is 5.82. The van der Waals surface area contributed by atoms with Crippen molar-refractivity contribution in [1.82, 2.24) is 4.90 Å². The monoisotopic (exact) mass is 242 g/mol. The second-order valence-electron chi connectivity index (χ2n) is 4.89. The third-order valence-corrected chi connectivity index (χ3v) is 3.70. The van der Waals surface area contributed by atoms with Gasteiger partial charge in [-0.05, 0) is 25.7 Å². The Bertz CT molecular complexity index is 238. The van der Waals surface area contributed by atoms with E-state index in [9.17, 15) is 4.79 Å². The molecule has 1 aliphatic heterocycles. The van der Waals surface area contributed by atoms with Crippen LogP contribution in [0.25, 0.3) is 0 Å². The van der Waals surface area contributed by atoms with Crippen LogP contribution in [0.2, 0.25) is 0 Å². The van der Waals surface area contributed by atoms with E-state index in [2.05, 4.69) is 6.92 Å². The van der Waals surface area contributed by atoms with Crippen LogP contribution in [-0.2, 0) is 9.53 Å². The second kappa shape index (κ2) is 6.97. The number of piperidine rings is 1. The molecule has 2 unspecified atom stereocenters. The first-order valence-electron chi connectivity index (χ1n) is 6.76. The van der Waals surface area contributed by atoms with E-state index in [1.165, 1.54) is 0 Å². The summed E-state index contributed by atoms with van der Waals surface area (Å²) in [5, 5.41) is 0. The number of rotatable bonds is 5. The summed E-state index contributed by atoms with van der Waals surface area (Å²) >= 11 is 0. The van der Waals surface area contributed by atoms with Gasteiger partial charge in [0.05, 0.1) is 12.1 Å². The fourth-order valence-electron chi connectivity index (χ4n) is 2.19. The molecule has 1 rings (SSSR count). The summed E-state index contributed by atoms with van der Waals surface area (Å²) < 4.78 is 5.57. The fraction of sp³-hybridized carbons (Fsp3) is 0.923. The van der Waals surface area contributed by atoms with Crippen LogP contribution in [0.5, 0.6) is 0 Å². The van der Waals surface area contributed by atoms with E-state index in [-0.39, 0.29) is 17.9 Å². The average molecular weight is 242 g/mol. The zero-order valence-corrected chi connectivity index (χ0v) is 11.3. The van der Waals surface area contributed by atoms with Crippen LogP contribution in [0.1, 0.15) is 40.0 Å². The van der Waals surface area contributed by atoms with E-state index in [1.807, 2.05) is 18.7 Å². The Hall–Kier alpha value is -0.610. The van der Waals surface area contributed by atoms with Crippen molar-refractivity contribution in [3.8, 4) is 0 Å². The maximum absolute atomic E-state index is 12.1. The zero-order chi connectivity index (χ0) is 12.8. The molecule has 100 valence electrons. The Kier molecular flexibility index (Phi) is 5.92. The van der Waals surface area contributed by atoms with Crippen molar-refractivity contribution >= 4 is 5.91 Å². The first kappa shape index (κ1) is 14.5. The minimum absolute atomic E-state index is 0.106. The molecule has 0 bridgehead atoms. The normalized spacial score (nSPS) is 21.3. The number of likely N-dealkylation sites (tertiary alicyclic amines) is 1. The molecular weight excluding hydrogens is 216 g/mol. The van der Waals surface area contributed by atoms with Crippen LogP contribution >= 0.6 is 0 Å². The molecule has 4 heteroatoms. The van der Waals surface area contributed by atoms with Crippen molar-refractivity contribution in [2.24, 2.45) is 11.7 Å². The van der Waals surface area contributed by atoms with E-state index in [1.54, 1.807) is 0 Å². The number of carbonyl (C=O) groups is 1. The van der Waals surface area contributed by atoms with Gasteiger partial charge in [0.2, 0.25) is 5.91 Å². The van der Waals surface area contributed by atoms with Gasteiger partial charge in [0.1, 0.15) is 0 Å². The van der Waals surface area contributed by atoms with Gasteiger partial charge in [0, 0.05) is 19.7 Å². The predicted molar refractivity (Wildman–Crippen MR) is 68.7 cm³/mol. The fourth-order valence-corrected chi connectivity index (χ4v) is 2.19. The Morgan fingerprint density at radius 3 is 2.47 bits per heavy atom. The van der Waals surface area contributed by atoms with E-state index in [0.717, 1.165) is 39.0 Å². The van der Waals surface area contributed by atoms with Crippen molar-refractivity contribution < 1.29 is 9.53 Å². The van der Waals surface area contributed by atoms with Crippen LogP contribution < -0.4 is 5.73 Å². The molecule has 2 atom stereocenters. The molecule has 1 amide bonds. The molecule has 0 spiro atoms. The van der Waals surface area contributed by atoms with Gasteiger partial charge in [0.15, 0.2) is 0 Å². The standard InChI is InChI=1S/C13H26N2O2/c1-4-10(3)12(14)13(16)15-8-6-11(7-9-15)17-5-2/h10-12H,4-9,14H2,1-3H3. The summed E-state index contributed by atoms with van der Waals surface area (Å²) in [5.74, 6) is 0.362. The molecule has 0 radical (unpaired) electrons. The molecule has 0 aromatic heterocycles. The Morgan fingerprint density at radius 2 is 2.00 bits per heavy atom. The lowest BCUT2D eigenvalue weighted by atomic mass is 9.97. The molecule has 1 fully saturated rings. The van der Waals surface area contributed by atoms with E-state index in [0.29, 0.717) is 6.10 Å². The van der Waals surface area contributed by atoms with Crippen molar-refractivity contribution in [3.05, 3.63) is 0 Å². The van der Waals surface area contributed by atoms with Crippen LogP contribution in [0.3, 0.4) is 0 Å². The van der Waals surface area contributed by atoms with Gasteiger partial charge in [-0.2, -0.15) is 0 Å². The minimum atomic E-state index is -0.344. The van der Waals surface area contributed by atoms with Crippen molar-refractivity contribution in [1.29, 1.82) is 0 Å². The highest BCUT2D eigenvalue weighted by Gasteiger charge is 2.28. The van der Waals surface area contributed by atoms with Crippen LogP contribution in [0.4, 0.5) is 0 Å². The summed E-state index contributed by atoms with van der Waals surface area (Å²) in [4.78, 5) is 14.0. The van der Waals surface area contributed by atoms with E-state index in [4.69, 9.17) is 10.5 Å². The first-order valence-corrected chi connectivity index (χ1v) is 6.76. The maximum Gasteiger partial charge on any atom is 0.239 e. The van der Waals surface area contributed by atoms with E-state index >= 15 is 0 Å². The molecular formula is C13H26N2O2. The molecule has 0 aromatic rings. The molecule has 1 saturated heterocycles. The van der Waals surface area contributed by atoms with Gasteiger partial charge in [-0.15, -0.1) is 0 Å². The third kappa shape index (κ3) is 3.96. The van der Waals surface area contributed by atoms with Crippen molar-refractivity contribution in [3.63, 3.8) is 0 Å². The number of hydrogen-bond acceptors (Lipinski definition) is 3. The smallest absolute Gasteiger partial charge is 0.239 e. The lowest BCUT2D eigenvalue weighted by molar-refractivity contribution is -0.136. The number of hydrogen-bond donors (Lipinski definition) is 1. The van der Waals surface area contributed by atoms with Crippen LogP contribution in [-0.4, -0.2) is 42.6 Å². The summed E-state index contributed by atoms with van der Waals surface area (Å²) in [6.45, 7) is 8.44. The minimum Gasteiger partial charge on any atom is -0.378 e. The summed E-state index contributed by atoms with van der Waals surface area (Å²) in [7, 11) is 0. The summed E-state index contributed by atoms with van der Waals surface area (Å²) in [6.07, 6.45) is 3.14. The zero-order valence-electron chi connectivity index (χ0n) is 11.3. The maximum atomic E-state index is 12.1. The molecule has 1 heterocycles. The Morgan fingerprint density at radius 1 is 1.41 bits per heavy atom. The lowest BCUT2D eigenvalue weighted by Gasteiger charge is -2.34. The molecule has 0 aromatic carbocycles. The highest BCUT2D eigenvalue weighted by Crippen LogP contribution is 2.16. The summed E-state index contributed by atoms with van der Waals surface area (Å²) in [5.41, 5.74) is 5.97. The molecule has 0 aliphatic carbocycles. The topological polar surface area (TPSA) is 55.6 Å². The van der Waals surface area contributed by atoms with E-state index < -0.39 is 0 Å². The molecule has 4 nitrogen and oxygen atoms in total. The van der Waals surface area contributed by atoms with Gasteiger partial charge >= 0.3 is 0 Å². The molecule has 17 heavy (non-hydrogen) atoms. The molecule has 0 saturated carbocycles. The third-order valence-electron chi connectivity index (χ3n) is 3.70. The molecule has 1 aliphatic rings. The number of amides is 1. The lowest BCUT2D eigenvalue weighted by Crippen LogP contribution is -2.50.